The molecule has 0 aromatic heterocycles. The van der Waals surface area contributed by atoms with E-state index in [0.717, 1.165) is 16.3 Å². The van der Waals surface area contributed by atoms with Gasteiger partial charge in [-0.05, 0) is 35.1 Å². The monoisotopic (exact) mass is 395 g/mol. The van der Waals surface area contributed by atoms with Crippen molar-refractivity contribution in [2.24, 2.45) is 5.92 Å². The van der Waals surface area contributed by atoms with Crippen molar-refractivity contribution in [2.75, 3.05) is 11.9 Å². The molecule has 1 atom stereocenters. The minimum atomic E-state index is -0.456. The van der Waals surface area contributed by atoms with Gasteiger partial charge in [-0.1, -0.05) is 74.0 Å². The van der Waals surface area contributed by atoms with Crippen molar-refractivity contribution in [3.63, 3.8) is 0 Å². The van der Waals surface area contributed by atoms with Gasteiger partial charge in [0.25, 0.3) is 5.91 Å². The molecule has 144 valence electrons. The summed E-state index contributed by atoms with van der Waals surface area (Å²) in [6, 6.07) is 20.6. The Kier molecular flexibility index (Phi) is 6.32. The second-order valence-corrected chi connectivity index (χ2v) is 7.39. The number of carbonyl (C=O) groups is 2. The first-order chi connectivity index (χ1) is 13.5. The number of carbonyl (C=O) groups excluding carboxylic acids is 2. The third kappa shape index (κ3) is 4.70. The van der Waals surface area contributed by atoms with Gasteiger partial charge in [0.2, 0.25) is 0 Å². The molecule has 4 nitrogen and oxygen atoms in total. The summed E-state index contributed by atoms with van der Waals surface area (Å²) < 4.78 is 5.31. The third-order valence-corrected chi connectivity index (χ3v) is 4.81. The summed E-state index contributed by atoms with van der Waals surface area (Å²) >= 11 is 5.93. The maximum absolute atomic E-state index is 12.6. The van der Waals surface area contributed by atoms with Gasteiger partial charge >= 0.3 is 5.97 Å². The van der Waals surface area contributed by atoms with E-state index in [-0.39, 0.29) is 18.4 Å². The molecule has 0 spiro atoms. The van der Waals surface area contributed by atoms with Crippen LogP contribution >= 0.6 is 11.6 Å². The lowest BCUT2D eigenvalue weighted by atomic mass is 9.88. The number of benzene rings is 3. The van der Waals surface area contributed by atoms with E-state index in [1.165, 1.54) is 0 Å². The van der Waals surface area contributed by atoms with Crippen molar-refractivity contribution in [3.8, 4) is 0 Å². The maximum atomic E-state index is 12.6. The molecule has 0 radical (unpaired) electrons. The van der Waals surface area contributed by atoms with Crippen molar-refractivity contribution >= 4 is 39.9 Å². The highest BCUT2D eigenvalue weighted by atomic mass is 35.5. The normalized spacial score (nSPS) is 12.0. The molecule has 3 aromatic carbocycles. The predicted molar refractivity (Wildman–Crippen MR) is 113 cm³/mol. The molecule has 3 rings (SSSR count). The van der Waals surface area contributed by atoms with E-state index in [0.29, 0.717) is 10.7 Å². The molecule has 5 heteroatoms. The van der Waals surface area contributed by atoms with E-state index < -0.39 is 11.9 Å². The van der Waals surface area contributed by atoms with E-state index in [1.807, 2.05) is 68.4 Å². The van der Waals surface area contributed by atoms with Crippen LogP contribution in [0.25, 0.3) is 10.8 Å². The molecule has 0 saturated heterocycles. The van der Waals surface area contributed by atoms with Gasteiger partial charge in [0.05, 0.1) is 5.92 Å². The fraction of sp³-hybridized carbons (Fsp3) is 0.217. The van der Waals surface area contributed by atoms with Gasteiger partial charge in [0.15, 0.2) is 6.61 Å². The summed E-state index contributed by atoms with van der Waals surface area (Å²) in [5.74, 6) is -1.23. The van der Waals surface area contributed by atoms with Gasteiger partial charge in [0.1, 0.15) is 0 Å². The summed E-state index contributed by atoms with van der Waals surface area (Å²) in [5.41, 5.74) is 1.51. The van der Waals surface area contributed by atoms with Gasteiger partial charge in [0, 0.05) is 16.1 Å². The van der Waals surface area contributed by atoms with Crippen LogP contribution in [0.4, 0.5) is 5.69 Å². The number of hydrogen-bond donors (Lipinski definition) is 1. The van der Waals surface area contributed by atoms with E-state index in [1.54, 1.807) is 12.1 Å². The summed E-state index contributed by atoms with van der Waals surface area (Å²) in [6.07, 6.45) is 0. The van der Waals surface area contributed by atoms with E-state index in [4.69, 9.17) is 16.3 Å². The van der Waals surface area contributed by atoms with Crippen LogP contribution < -0.4 is 5.32 Å². The summed E-state index contributed by atoms with van der Waals surface area (Å²) in [5, 5.41) is 5.39. The van der Waals surface area contributed by atoms with Crippen LogP contribution in [0.5, 0.6) is 0 Å². The second kappa shape index (κ2) is 8.89. The smallest absolute Gasteiger partial charge is 0.314 e. The lowest BCUT2D eigenvalue weighted by Gasteiger charge is -2.20. The van der Waals surface area contributed by atoms with Crippen molar-refractivity contribution in [3.05, 3.63) is 77.3 Å². The van der Waals surface area contributed by atoms with Crippen molar-refractivity contribution in [1.29, 1.82) is 0 Å². The maximum Gasteiger partial charge on any atom is 0.314 e. The molecule has 0 saturated carbocycles. The lowest BCUT2D eigenvalue weighted by Crippen LogP contribution is -2.26. The Balaban J connectivity index is 1.65. The molecule has 1 N–H and O–H groups in total. The van der Waals surface area contributed by atoms with Crippen molar-refractivity contribution in [1.82, 2.24) is 0 Å². The zero-order valence-corrected chi connectivity index (χ0v) is 16.6. The standard InChI is InChI=1S/C23H22ClNO3/c1-15(2)22(17-10-12-18(24)13-11-17)23(27)28-14-21(26)25-20-9-5-7-16-6-3-4-8-19(16)20/h3-13,15,22H,14H2,1-2H3,(H,25,26)/t22-/m0/s1. The van der Waals surface area contributed by atoms with Gasteiger partial charge < -0.3 is 10.1 Å². The summed E-state index contributed by atoms with van der Waals surface area (Å²) in [4.78, 5) is 24.9. The van der Waals surface area contributed by atoms with Crippen LogP contribution in [-0.4, -0.2) is 18.5 Å². The highest BCUT2D eigenvalue weighted by Gasteiger charge is 2.26. The largest absolute Gasteiger partial charge is 0.455 e. The Morgan fingerprint density at radius 1 is 0.964 bits per heavy atom. The number of anilines is 1. The predicted octanol–water partition coefficient (Wildman–Crippen LogP) is 5.41. The first-order valence-electron chi connectivity index (χ1n) is 9.15. The first kappa shape index (κ1) is 19.9. The average molecular weight is 396 g/mol. The minimum absolute atomic E-state index is 0.0230. The fourth-order valence-corrected chi connectivity index (χ4v) is 3.34. The molecular weight excluding hydrogens is 374 g/mol. The quantitative estimate of drug-likeness (QED) is 0.567. The number of esters is 1. The topological polar surface area (TPSA) is 55.4 Å². The van der Waals surface area contributed by atoms with Gasteiger partial charge in [-0.25, -0.2) is 0 Å². The SMILES string of the molecule is CC(C)[C@H](C(=O)OCC(=O)Nc1cccc2ccccc12)c1ccc(Cl)cc1. The Hall–Kier alpha value is -2.85. The highest BCUT2D eigenvalue weighted by molar-refractivity contribution is 6.30. The summed E-state index contributed by atoms with van der Waals surface area (Å²) in [7, 11) is 0. The number of fused-ring (bicyclic) bond motifs is 1. The Labute approximate surface area is 169 Å². The molecule has 3 aromatic rings. The van der Waals surface area contributed by atoms with Crippen LogP contribution in [0, 0.1) is 5.92 Å². The molecule has 0 bridgehead atoms. The minimum Gasteiger partial charge on any atom is -0.455 e. The van der Waals surface area contributed by atoms with Crippen molar-refractivity contribution < 1.29 is 14.3 Å². The van der Waals surface area contributed by atoms with Crippen LogP contribution in [-0.2, 0) is 14.3 Å². The molecule has 0 unspecified atom stereocenters. The first-order valence-corrected chi connectivity index (χ1v) is 9.53. The molecule has 1 amide bonds. The Morgan fingerprint density at radius 2 is 1.64 bits per heavy atom. The van der Waals surface area contributed by atoms with Gasteiger partial charge in [-0.3, -0.25) is 9.59 Å². The van der Waals surface area contributed by atoms with Crippen LogP contribution in [0.1, 0.15) is 25.3 Å². The number of nitrogens with one attached hydrogen (secondary N) is 1. The number of ether oxygens (including phenoxy) is 1. The summed E-state index contributed by atoms with van der Waals surface area (Å²) in [6.45, 7) is 3.55. The zero-order valence-electron chi connectivity index (χ0n) is 15.8. The Bertz CT molecular complexity index is 977. The Morgan fingerprint density at radius 3 is 2.36 bits per heavy atom. The zero-order chi connectivity index (χ0) is 20.1. The third-order valence-electron chi connectivity index (χ3n) is 4.56. The molecular formula is C23H22ClNO3. The van der Waals surface area contributed by atoms with Crippen molar-refractivity contribution in [2.45, 2.75) is 19.8 Å². The van der Waals surface area contributed by atoms with Gasteiger partial charge in [-0.15, -0.1) is 0 Å². The van der Waals surface area contributed by atoms with E-state index in [9.17, 15) is 9.59 Å². The lowest BCUT2D eigenvalue weighted by molar-refractivity contribution is -0.149. The molecule has 28 heavy (non-hydrogen) atoms. The van der Waals surface area contributed by atoms with Crippen LogP contribution in [0.3, 0.4) is 0 Å². The van der Waals surface area contributed by atoms with E-state index in [2.05, 4.69) is 5.32 Å². The van der Waals surface area contributed by atoms with E-state index >= 15 is 0 Å². The highest BCUT2D eigenvalue weighted by Crippen LogP contribution is 2.27. The van der Waals surface area contributed by atoms with Crippen LogP contribution in [0.15, 0.2) is 66.7 Å². The number of hydrogen-bond acceptors (Lipinski definition) is 3. The molecule has 0 fully saturated rings. The fourth-order valence-electron chi connectivity index (χ4n) is 3.21. The number of rotatable bonds is 6. The average Bonchev–Trinajstić information content (AvgIpc) is 2.68. The molecule has 0 heterocycles. The molecule has 0 aliphatic heterocycles. The number of amides is 1. The second-order valence-electron chi connectivity index (χ2n) is 6.96. The number of halogens is 1. The molecule has 0 aliphatic rings. The van der Waals surface area contributed by atoms with Crippen LogP contribution in [0.2, 0.25) is 5.02 Å². The molecule has 0 aliphatic carbocycles. The van der Waals surface area contributed by atoms with Gasteiger partial charge in [-0.2, -0.15) is 0 Å².